The molecule has 0 spiro atoms. The van der Waals surface area contributed by atoms with Crippen molar-refractivity contribution in [3.05, 3.63) is 63.7 Å². The predicted octanol–water partition coefficient (Wildman–Crippen LogP) is 3.22. The molecule has 0 saturated carbocycles. The normalized spacial score (nSPS) is 10.2. The predicted molar refractivity (Wildman–Crippen MR) is 73.3 cm³/mol. The van der Waals surface area contributed by atoms with E-state index in [9.17, 15) is 15.2 Å². The summed E-state index contributed by atoms with van der Waals surface area (Å²) in [5.74, 6) is 0.171. The van der Waals surface area contributed by atoms with E-state index in [1.165, 1.54) is 6.07 Å². The van der Waals surface area contributed by atoms with Crippen molar-refractivity contribution in [3.63, 3.8) is 0 Å². The van der Waals surface area contributed by atoms with Gasteiger partial charge in [0.1, 0.15) is 11.4 Å². The summed E-state index contributed by atoms with van der Waals surface area (Å²) in [6.07, 6.45) is 0. The molecule has 0 saturated heterocycles. The number of benzene rings is 2. The molecule has 0 fully saturated rings. The van der Waals surface area contributed by atoms with Crippen LogP contribution in [0.4, 0.5) is 11.4 Å². The fourth-order valence-corrected chi connectivity index (χ4v) is 1.79. The number of anilines is 1. The molecule has 0 amide bonds. The average molecular weight is 258 g/mol. The Labute approximate surface area is 110 Å². The van der Waals surface area contributed by atoms with E-state index in [1.54, 1.807) is 43.3 Å². The van der Waals surface area contributed by atoms with Gasteiger partial charge < -0.3 is 10.4 Å². The number of hydrogen-bond donors (Lipinski definition) is 2. The summed E-state index contributed by atoms with van der Waals surface area (Å²) in [6, 6.07) is 11.9. The molecule has 0 aliphatic carbocycles. The highest BCUT2D eigenvalue weighted by Crippen LogP contribution is 2.26. The van der Waals surface area contributed by atoms with E-state index in [-0.39, 0.29) is 11.4 Å². The van der Waals surface area contributed by atoms with Crippen LogP contribution >= 0.6 is 0 Å². The van der Waals surface area contributed by atoms with Crippen molar-refractivity contribution in [2.24, 2.45) is 0 Å². The van der Waals surface area contributed by atoms with Gasteiger partial charge in [-0.3, -0.25) is 10.1 Å². The molecule has 2 rings (SSSR count). The number of aryl methyl sites for hydroxylation is 1. The summed E-state index contributed by atoms with van der Waals surface area (Å²) in [6.45, 7) is 2.14. The third kappa shape index (κ3) is 3.01. The van der Waals surface area contributed by atoms with Gasteiger partial charge in [0.15, 0.2) is 0 Å². The molecule has 5 nitrogen and oxygen atoms in total. The Morgan fingerprint density at radius 1 is 1.26 bits per heavy atom. The molecular weight excluding hydrogens is 244 g/mol. The van der Waals surface area contributed by atoms with Crippen LogP contribution in [0.3, 0.4) is 0 Å². The number of phenols is 1. The quantitative estimate of drug-likeness (QED) is 0.652. The second-order valence-corrected chi connectivity index (χ2v) is 4.26. The summed E-state index contributed by atoms with van der Waals surface area (Å²) >= 11 is 0. The number of hydrogen-bond acceptors (Lipinski definition) is 4. The molecule has 0 aromatic heterocycles. The maximum absolute atomic E-state index is 11.0. The number of para-hydroxylation sites is 1. The van der Waals surface area contributed by atoms with Crippen molar-refractivity contribution < 1.29 is 10.0 Å². The molecule has 0 atom stereocenters. The first kappa shape index (κ1) is 12.9. The smallest absolute Gasteiger partial charge is 0.292 e. The van der Waals surface area contributed by atoms with Gasteiger partial charge in [-0.25, -0.2) is 0 Å². The lowest BCUT2D eigenvalue weighted by atomic mass is 10.1. The van der Waals surface area contributed by atoms with E-state index in [4.69, 9.17) is 0 Å². The van der Waals surface area contributed by atoms with Crippen molar-refractivity contribution in [2.75, 3.05) is 5.32 Å². The Morgan fingerprint density at radius 2 is 2.00 bits per heavy atom. The van der Waals surface area contributed by atoms with Crippen molar-refractivity contribution in [3.8, 4) is 5.75 Å². The molecule has 5 heteroatoms. The zero-order chi connectivity index (χ0) is 13.8. The first-order valence-electron chi connectivity index (χ1n) is 5.83. The summed E-state index contributed by atoms with van der Waals surface area (Å²) in [5.41, 5.74) is 2.01. The summed E-state index contributed by atoms with van der Waals surface area (Å²) in [7, 11) is 0. The number of nitro groups is 1. The second kappa shape index (κ2) is 5.39. The number of rotatable bonds is 4. The molecule has 0 aliphatic rings. The number of nitrogens with one attached hydrogen (secondary N) is 1. The van der Waals surface area contributed by atoms with Gasteiger partial charge in [0, 0.05) is 18.2 Å². The molecule has 0 radical (unpaired) electrons. The van der Waals surface area contributed by atoms with Crippen LogP contribution in [0.25, 0.3) is 0 Å². The van der Waals surface area contributed by atoms with Crippen LogP contribution in [0, 0.1) is 17.0 Å². The monoisotopic (exact) mass is 258 g/mol. The zero-order valence-corrected chi connectivity index (χ0v) is 10.5. The molecule has 2 aromatic rings. The van der Waals surface area contributed by atoms with Crippen LogP contribution in [-0.4, -0.2) is 10.0 Å². The molecule has 98 valence electrons. The summed E-state index contributed by atoms with van der Waals surface area (Å²) in [5, 5.41) is 23.6. The highest BCUT2D eigenvalue weighted by molar-refractivity contribution is 5.62. The minimum absolute atomic E-state index is 0.0374. The largest absolute Gasteiger partial charge is 0.508 e. The maximum Gasteiger partial charge on any atom is 0.292 e. The number of aromatic hydroxyl groups is 1. The van der Waals surface area contributed by atoms with Crippen LogP contribution < -0.4 is 5.32 Å². The number of nitro benzene ring substituents is 1. The molecule has 0 unspecified atom stereocenters. The molecule has 2 N–H and O–H groups in total. The molecular formula is C14H14N2O3. The number of nitrogens with zero attached hydrogens (tertiary/aromatic N) is 1. The number of phenolic OH excluding ortho intramolecular Hbond substituents is 1. The van der Waals surface area contributed by atoms with Crippen molar-refractivity contribution >= 4 is 11.4 Å². The Hall–Kier alpha value is -2.56. The minimum atomic E-state index is -0.416. The third-order valence-corrected chi connectivity index (χ3v) is 2.81. The molecule has 19 heavy (non-hydrogen) atoms. The Kier molecular flexibility index (Phi) is 3.66. The standard InChI is InChI=1S/C14H14N2O3/c1-10-6-7-12(13(8-10)16(18)19)15-9-11-4-2-3-5-14(11)17/h2-8,15,17H,9H2,1H3. The van der Waals surface area contributed by atoms with E-state index < -0.39 is 4.92 Å². The first-order chi connectivity index (χ1) is 9.08. The lowest BCUT2D eigenvalue weighted by Gasteiger charge is -2.09. The highest BCUT2D eigenvalue weighted by Gasteiger charge is 2.13. The van der Waals surface area contributed by atoms with Crippen LogP contribution in [0.1, 0.15) is 11.1 Å². The van der Waals surface area contributed by atoms with Gasteiger partial charge in [-0.1, -0.05) is 24.3 Å². The van der Waals surface area contributed by atoms with Gasteiger partial charge in [-0.2, -0.15) is 0 Å². The van der Waals surface area contributed by atoms with Gasteiger partial charge in [0.25, 0.3) is 5.69 Å². The lowest BCUT2D eigenvalue weighted by molar-refractivity contribution is -0.384. The summed E-state index contributed by atoms with van der Waals surface area (Å²) in [4.78, 5) is 10.6. The molecule has 0 bridgehead atoms. The SMILES string of the molecule is Cc1ccc(NCc2ccccc2O)c([N+](=O)[O-])c1. The van der Waals surface area contributed by atoms with Gasteiger partial charge in [0.2, 0.25) is 0 Å². The van der Waals surface area contributed by atoms with Crippen LogP contribution in [-0.2, 0) is 6.54 Å². The van der Waals surface area contributed by atoms with Crippen molar-refractivity contribution in [1.82, 2.24) is 0 Å². The highest BCUT2D eigenvalue weighted by atomic mass is 16.6. The Balaban J connectivity index is 2.20. The fraction of sp³-hybridized carbons (Fsp3) is 0.143. The second-order valence-electron chi connectivity index (χ2n) is 4.26. The lowest BCUT2D eigenvalue weighted by Crippen LogP contribution is -2.03. The molecule has 2 aromatic carbocycles. The van der Waals surface area contributed by atoms with E-state index in [0.717, 1.165) is 5.56 Å². The fourth-order valence-electron chi connectivity index (χ4n) is 1.79. The van der Waals surface area contributed by atoms with Crippen LogP contribution in [0.15, 0.2) is 42.5 Å². The van der Waals surface area contributed by atoms with Gasteiger partial charge in [-0.15, -0.1) is 0 Å². The summed E-state index contributed by atoms with van der Waals surface area (Å²) < 4.78 is 0. The van der Waals surface area contributed by atoms with E-state index in [0.29, 0.717) is 17.8 Å². The Bertz CT molecular complexity index is 611. The molecule has 0 heterocycles. The topological polar surface area (TPSA) is 75.4 Å². The van der Waals surface area contributed by atoms with E-state index in [1.807, 2.05) is 0 Å². The van der Waals surface area contributed by atoms with E-state index in [2.05, 4.69) is 5.32 Å². The van der Waals surface area contributed by atoms with Crippen molar-refractivity contribution in [2.45, 2.75) is 13.5 Å². The Morgan fingerprint density at radius 3 is 2.68 bits per heavy atom. The van der Waals surface area contributed by atoms with Crippen LogP contribution in [0.2, 0.25) is 0 Å². The maximum atomic E-state index is 11.0. The minimum Gasteiger partial charge on any atom is -0.508 e. The van der Waals surface area contributed by atoms with Gasteiger partial charge in [0.05, 0.1) is 4.92 Å². The van der Waals surface area contributed by atoms with Crippen molar-refractivity contribution in [1.29, 1.82) is 0 Å². The third-order valence-electron chi connectivity index (χ3n) is 2.81. The van der Waals surface area contributed by atoms with Gasteiger partial charge in [-0.05, 0) is 24.6 Å². The first-order valence-corrected chi connectivity index (χ1v) is 5.83. The van der Waals surface area contributed by atoms with E-state index >= 15 is 0 Å². The zero-order valence-electron chi connectivity index (χ0n) is 10.5. The molecule has 0 aliphatic heterocycles. The average Bonchev–Trinajstić information content (AvgIpc) is 2.38. The van der Waals surface area contributed by atoms with Gasteiger partial charge >= 0.3 is 0 Å². The van der Waals surface area contributed by atoms with Crippen LogP contribution in [0.5, 0.6) is 5.75 Å².